The second-order valence-electron chi connectivity index (χ2n) is 3.49. The van der Waals surface area contributed by atoms with Crippen molar-refractivity contribution in [1.82, 2.24) is 4.90 Å². The van der Waals surface area contributed by atoms with Gasteiger partial charge < -0.3 is 0 Å². The van der Waals surface area contributed by atoms with Crippen LogP contribution in [-0.2, 0) is 0 Å². The molecule has 0 aromatic heterocycles. The van der Waals surface area contributed by atoms with Crippen molar-refractivity contribution in [2.45, 2.75) is 32.0 Å². The van der Waals surface area contributed by atoms with Crippen LogP contribution in [0.2, 0.25) is 0 Å². The minimum Gasteiger partial charge on any atom is -0.298 e. The Morgan fingerprint density at radius 3 is 2.22 bits per heavy atom. The van der Waals surface area contributed by atoms with Crippen molar-refractivity contribution in [3.05, 3.63) is 0 Å². The Morgan fingerprint density at radius 1 is 1.56 bits per heavy atom. The molecule has 0 N–H and O–H groups in total. The molecule has 1 heterocycles. The first-order valence-electron chi connectivity index (χ1n) is 3.38. The highest BCUT2D eigenvalue weighted by molar-refractivity contribution is 4.90. The molecule has 0 spiro atoms. The minimum atomic E-state index is -0.606. The van der Waals surface area contributed by atoms with Gasteiger partial charge in [0.25, 0.3) is 0 Å². The van der Waals surface area contributed by atoms with Gasteiger partial charge in [0, 0.05) is 12.1 Å². The standard InChI is InChI=1S/C7H14FN/c1-7(2)4-6(8)5-9(7)3/h6H,4-5H2,1-3H3/t6-/m0/s1. The van der Waals surface area contributed by atoms with E-state index in [2.05, 4.69) is 18.7 Å². The first-order chi connectivity index (χ1) is 4.02. The third-order valence-corrected chi connectivity index (χ3v) is 2.23. The highest BCUT2D eigenvalue weighted by atomic mass is 19.1. The van der Waals surface area contributed by atoms with Crippen LogP contribution in [0.15, 0.2) is 0 Å². The smallest absolute Gasteiger partial charge is 0.114 e. The van der Waals surface area contributed by atoms with Crippen molar-refractivity contribution in [3.8, 4) is 0 Å². The number of hydrogen-bond donors (Lipinski definition) is 0. The molecule has 0 saturated carbocycles. The molecule has 0 unspecified atom stereocenters. The molecule has 2 heteroatoms. The number of hydrogen-bond acceptors (Lipinski definition) is 1. The maximum atomic E-state index is 12.6. The largest absolute Gasteiger partial charge is 0.298 e. The molecule has 1 rings (SSSR count). The van der Waals surface area contributed by atoms with Crippen molar-refractivity contribution in [3.63, 3.8) is 0 Å². The molecule has 0 bridgehead atoms. The SMILES string of the molecule is CN1C[C@@H](F)CC1(C)C. The molecule has 9 heavy (non-hydrogen) atoms. The summed E-state index contributed by atoms with van der Waals surface area (Å²) in [5, 5.41) is 0. The Balaban J connectivity index is 2.58. The maximum Gasteiger partial charge on any atom is 0.114 e. The van der Waals surface area contributed by atoms with Crippen LogP contribution >= 0.6 is 0 Å². The average molecular weight is 131 g/mol. The second-order valence-corrected chi connectivity index (χ2v) is 3.49. The Hall–Kier alpha value is -0.110. The Bertz CT molecular complexity index is 111. The lowest BCUT2D eigenvalue weighted by molar-refractivity contribution is 0.218. The molecule has 1 atom stereocenters. The van der Waals surface area contributed by atoms with E-state index >= 15 is 0 Å². The van der Waals surface area contributed by atoms with Crippen molar-refractivity contribution in [2.24, 2.45) is 0 Å². The number of nitrogens with zero attached hydrogens (tertiary/aromatic N) is 1. The predicted octanol–water partition coefficient (Wildman–Crippen LogP) is 1.44. The van der Waals surface area contributed by atoms with Gasteiger partial charge in [0.15, 0.2) is 0 Å². The molecule has 0 radical (unpaired) electrons. The molecule has 54 valence electrons. The summed E-state index contributed by atoms with van der Waals surface area (Å²) < 4.78 is 12.6. The van der Waals surface area contributed by atoms with E-state index in [4.69, 9.17) is 0 Å². The van der Waals surface area contributed by atoms with Gasteiger partial charge in [-0.15, -0.1) is 0 Å². The highest BCUT2D eigenvalue weighted by Crippen LogP contribution is 2.27. The molecular formula is C7H14FN. The van der Waals surface area contributed by atoms with Crippen LogP contribution in [0.5, 0.6) is 0 Å². The molecule has 1 nitrogen and oxygen atoms in total. The average Bonchev–Trinajstić information content (AvgIpc) is 1.79. The van der Waals surface area contributed by atoms with Crippen LogP contribution in [0.4, 0.5) is 4.39 Å². The van der Waals surface area contributed by atoms with Crippen molar-refractivity contribution < 1.29 is 4.39 Å². The summed E-state index contributed by atoms with van der Waals surface area (Å²) in [4.78, 5) is 2.07. The van der Waals surface area contributed by atoms with Crippen LogP contribution in [0.25, 0.3) is 0 Å². The third-order valence-electron chi connectivity index (χ3n) is 2.23. The molecule has 1 saturated heterocycles. The molecule has 0 amide bonds. The summed E-state index contributed by atoms with van der Waals surface area (Å²) in [6.45, 7) is 4.76. The van der Waals surface area contributed by atoms with Gasteiger partial charge in [0.05, 0.1) is 0 Å². The van der Waals surface area contributed by atoms with E-state index in [-0.39, 0.29) is 5.54 Å². The Morgan fingerprint density at radius 2 is 2.11 bits per heavy atom. The monoisotopic (exact) mass is 131 g/mol. The topological polar surface area (TPSA) is 3.24 Å². The van der Waals surface area contributed by atoms with E-state index in [0.29, 0.717) is 13.0 Å². The minimum absolute atomic E-state index is 0.0828. The normalized spacial score (nSPS) is 35.3. The summed E-state index contributed by atoms with van der Waals surface area (Å²) in [7, 11) is 1.97. The van der Waals surface area contributed by atoms with Gasteiger partial charge in [-0.3, -0.25) is 4.90 Å². The zero-order chi connectivity index (χ0) is 7.07. The maximum absolute atomic E-state index is 12.6. The summed E-state index contributed by atoms with van der Waals surface area (Å²) in [6.07, 6.45) is 0.0775. The van der Waals surface area contributed by atoms with Gasteiger partial charge in [0.2, 0.25) is 0 Å². The van der Waals surface area contributed by atoms with Crippen molar-refractivity contribution in [1.29, 1.82) is 0 Å². The van der Waals surface area contributed by atoms with Crippen LogP contribution in [0, 0.1) is 0 Å². The van der Waals surface area contributed by atoms with Crippen LogP contribution in [0.3, 0.4) is 0 Å². The zero-order valence-electron chi connectivity index (χ0n) is 6.32. The van der Waals surface area contributed by atoms with Crippen LogP contribution in [-0.4, -0.2) is 30.2 Å². The lowest BCUT2D eigenvalue weighted by Crippen LogP contribution is -2.34. The number of rotatable bonds is 0. The lowest BCUT2D eigenvalue weighted by atomic mass is 10.0. The molecule has 1 aliphatic rings. The molecule has 0 aromatic carbocycles. The van der Waals surface area contributed by atoms with Gasteiger partial charge in [-0.25, -0.2) is 4.39 Å². The van der Waals surface area contributed by atoms with Gasteiger partial charge >= 0.3 is 0 Å². The molecule has 1 aliphatic heterocycles. The zero-order valence-corrected chi connectivity index (χ0v) is 6.32. The van der Waals surface area contributed by atoms with Crippen molar-refractivity contribution in [2.75, 3.05) is 13.6 Å². The molecular weight excluding hydrogens is 117 g/mol. The van der Waals surface area contributed by atoms with Crippen LogP contribution < -0.4 is 0 Å². The van der Waals surface area contributed by atoms with E-state index in [1.807, 2.05) is 7.05 Å². The fraction of sp³-hybridized carbons (Fsp3) is 1.00. The van der Waals surface area contributed by atoms with Crippen LogP contribution in [0.1, 0.15) is 20.3 Å². The van der Waals surface area contributed by atoms with E-state index in [1.54, 1.807) is 0 Å². The molecule has 1 fully saturated rings. The predicted molar refractivity (Wildman–Crippen MR) is 36.2 cm³/mol. The Kier molecular flexibility index (Phi) is 1.51. The highest BCUT2D eigenvalue weighted by Gasteiger charge is 2.35. The summed E-state index contributed by atoms with van der Waals surface area (Å²) in [6, 6.07) is 0. The van der Waals surface area contributed by atoms with Gasteiger partial charge in [-0.1, -0.05) is 0 Å². The van der Waals surface area contributed by atoms with Gasteiger partial charge in [-0.05, 0) is 27.3 Å². The number of likely N-dealkylation sites (tertiary alicyclic amines) is 1. The first-order valence-corrected chi connectivity index (χ1v) is 3.38. The van der Waals surface area contributed by atoms with Crippen molar-refractivity contribution >= 4 is 0 Å². The third kappa shape index (κ3) is 1.23. The number of halogens is 1. The van der Waals surface area contributed by atoms with E-state index in [0.717, 1.165) is 0 Å². The summed E-state index contributed by atoms with van der Waals surface area (Å²) in [5.74, 6) is 0. The fourth-order valence-electron chi connectivity index (χ4n) is 1.31. The van der Waals surface area contributed by atoms with Gasteiger partial charge in [-0.2, -0.15) is 0 Å². The van der Waals surface area contributed by atoms with E-state index in [9.17, 15) is 4.39 Å². The Labute approximate surface area is 55.8 Å². The number of alkyl halides is 1. The fourth-order valence-corrected chi connectivity index (χ4v) is 1.31. The first kappa shape index (κ1) is 7.00. The van der Waals surface area contributed by atoms with E-state index < -0.39 is 6.17 Å². The lowest BCUT2D eigenvalue weighted by Gasteiger charge is -2.26. The quantitative estimate of drug-likeness (QED) is 0.481. The summed E-state index contributed by atoms with van der Waals surface area (Å²) in [5.41, 5.74) is 0.0828. The second kappa shape index (κ2) is 1.94. The van der Waals surface area contributed by atoms with Gasteiger partial charge in [0.1, 0.15) is 6.17 Å². The molecule has 0 aromatic rings. The van der Waals surface area contributed by atoms with E-state index in [1.165, 1.54) is 0 Å². The summed E-state index contributed by atoms with van der Waals surface area (Å²) >= 11 is 0. The molecule has 0 aliphatic carbocycles.